The molecule has 0 aliphatic rings. The molecule has 8 heteroatoms. The molecule has 0 bridgehead atoms. The van der Waals surface area contributed by atoms with Crippen LogP contribution in [0.1, 0.15) is 22.3 Å². The fourth-order valence-corrected chi connectivity index (χ4v) is 11.6. The van der Waals surface area contributed by atoms with Crippen LogP contribution in [0.2, 0.25) is 0 Å². The van der Waals surface area contributed by atoms with Crippen LogP contribution in [0, 0.1) is 45.3 Å². The lowest BCUT2D eigenvalue weighted by Gasteiger charge is -2.16. The fraction of sp³-hybridized carbons (Fsp3) is 0. The van der Waals surface area contributed by atoms with Gasteiger partial charge in [-0.15, -0.1) is 0 Å². The molecule has 70 heavy (non-hydrogen) atoms. The molecule has 0 N–H and O–H groups in total. The minimum absolute atomic E-state index is 0.0613. The van der Waals surface area contributed by atoms with Crippen LogP contribution in [0.15, 0.2) is 170 Å². The van der Waals surface area contributed by atoms with Crippen molar-refractivity contribution in [3.05, 3.63) is 192 Å². The summed E-state index contributed by atoms with van der Waals surface area (Å²) >= 11 is 0. The highest BCUT2D eigenvalue weighted by atomic mass is 15.0. The van der Waals surface area contributed by atoms with Crippen LogP contribution in [-0.2, 0) is 0 Å². The van der Waals surface area contributed by atoms with Crippen molar-refractivity contribution in [1.29, 1.82) is 21.0 Å². The molecule has 0 atom stereocenters. The highest BCUT2D eigenvalue weighted by molar-refractivity contribution is 6.33. The molecule has 0 aliphatic carbocycles. The second-order valence-electron chi connectivity index (χ2n) is 18.1. The molecule has 0 radical (unpaired) electrons. The molecule has 8 nitrogen and oxygen atoms in total. The highest BCUT2D eigenvalue weighted by Crippen LogP contribution is 2.44. The fourth-order valence-electron chi connectivity index (χ4n) is 11.6. The third-order valence-electron chi connectivity index (χ3n) is 14.7. The summed E-state index contributed by atoms with van der Waals surface area (Å²) in [5.74, 6) is 0. The number of para-hydroxylation sites is 2. The molecule has 4 aromatic heterocycles. The van der Waals surface area contributed by atoms with Crippen LogP contribution in [-0.4, -0.2) is 18.8 Å². The maximum absolute atomic E-state index is 10.5. The van der Waals surface area contributed by atoms with Gasteiger partial charge in [-0.1, -0.05) is 103 Å². The number of nitrogens with zero attached hydrogens (tertiary/aromatic N) is 8. The van der Waals surface area contributed by atoms with E-state index in [1.165, 1.54) is 26.9 Å². The van der Waals surface area contributed by atoms with Crippen molar-refractivity contribution in [2.24, 2.45) is 0 Å². The number of nitriles is 4. The number of imidazole rings is 2. The molecule has 0 fully saturated rings. The Morgan fingerprint density at radius 1 is 0.314 bits per heavy atom. The van der Waals surface area contributed by atoms with E-state index in [-0.39, 0.29) is 22.3 Å². The molecule has 15 rings (SSSR count). The van der Waals surface area contributed by atoms with Crippen molar-refractivity contribution < 1.29 is 0 Å². The normalized spacial score (nSPS) is 11.9. The van der Waals surface area contributed by atoms with Gasteiger partial charge in [-0.25, -0.2) is 9.97 Å². The highest BCUT2D eigenvalue weighted by Gasteiger charge is 2.24. The van der Waals surface area contributed by atoms with Gasteiger partial charge in [0.1, 0.15) is 35.6 Å². The standard InChI is InChI=1S/C62H28N8/c63-29-50-44-27-46-43-22-33-9-1-2-10-34(33)23-48(43)61-68-55-20-19-37(26-58(55)69(61)57(46)28-45(44)51(30-64)53(32-66)52(50)31-65)35-17-18-36-24-49-47(25-38(36)21-35)59-41-13-5-3-11-39(41)40-12-4-6-14-42(40)60(59)70-56-16-8-7-15-54(56)67-62(49)70/h1-28H. The van der Waals surface area contributed by atoms with Crippen LogP contribution < -0.4 is 0 Å². The summed E-state index contributed by atoms with van der Waals surface area (Å²) in [6.45, 7) is 0. The van der Waals surface area contributed by atoms with Gasteiger partial charge in [0.2, 0.25) is 0 Å². The van der Waals surface area contributed by atoms with Gasteiger partial charge in [0, 0.05) is 37.7 Å². The second-order valence-corrected chi connectivity index (χ2v) is 18.1. The molecule has 15 aromatic rings. The average molecular weight is 885 g/mol. The lowest BCUT2D eigenvalue weighted by Crippen LogP contribution is -1.99. The van der Waals surface area contributed by atoms with E-state index in [1.54, 1.807) is 0 Å². The van der Waals surface area contributed by atoms with Gasteiger partial charge in [0.05, 0.1) is 55.4 Å². The minimum atomic E-state index is -0.101. The largest absolute Gasteiger partial charge is 0.292 e. The summed E-state index contributed by atoms with van der Waals surface area (Å²) in [4.78, 5) is 10.6. The van der Waals surface area contributed by atoms with Crippen molar-refractivity contribution in [1.82, 2.24) is 18.8 Å². The molecule has 0 aliphatic heterocycles. The number of fused-ring (bicyclic) bond motifs is 24. The predicted molar refractivity (Wildman–Crippen MR) is 281 cm³/mol. The topological polar surface area (TPSA) is 130 Å². The van der Waals surface area contributed by atoms with Gasteiger partial charge >= 0.3 is 0 Å². The first-order valence-corrected chi connectivity index (χ1v) is 22.9. The summed E-state index contributed by atoms with van der Waals surface area (Å²) in [7, 11) is 0. The van der Waals surface area contributed by atoms with Crippen LogP contribution in [0.5, 0.6) is 0 Å². The summed E-state index contributed by atoms with van der Waals surface area (Å²) < 4.78 is 4.50. The zero-order valence-corrected chi connectivity index (χ0v) is 36.7. The molecule has 0 spiro atoms. The molecule has 0 saturated carbocycles. The zero-order valence-electron chi connectivity index (χ0n) is 36.7. The first-order valence-electron chi connectivity index (χ1n) is 22.9. The maximum atomic E-state index is 10.5. The lowest BCUT2D eigenvalue weighted by atomic mass is 9.89. The number of rotatable bonds is 1. The Morgan fingerprint density at radius 2 is 0.843 bits per heavy atom. The first kappa shape index (κ1) is 37.8. The molecule has 0 unspecified atom stereocenters. The van der Waals surface area contributed by atoms with Crippen molar-refractivity contribution >= 4 is 131 Å². The SMILES string of the molecule is N#Cc1c(C#N)c(C#N)c2cc3c(cc2c1C#N)c1cc2ccccc2cc1c1nc2ccc(-c4ccc5cc6c(cc5c4)c4c5ccccc5c5ccccc5c4n4c5ccccc5nc64)cc2n31. The van der Waals surface area contributed by atoms with E-state index in [2.05, 4.69) is 179 Å². The molecule has 0 saturated heterocycles. The number of hydrogen-bond donors (Lipinski definition) is 0. The molecule has 316 valence electrons. The maximum Gasteiger partial charge on any atom is 0.146 e. The zero-order chi connectivity index (χ0) is 46.5. The van der Waals surface area contributed by atoms with E-state index in [0.29, 0.717) is 10.8 Å². The predicted octanol–water partition coefficient (Wildman–Crippen LogP) is 14.8. The Bertz CT molecular complexity index is 5180. The Labute approximate surface area is 396 Å². The van der Waals surface area contributed by atoms with E-state index >= 15 is 0 Å². The van der Waals surface area contributed by atoms with Crippen LogP contribution in [0.3, 0.4) is 0 Å². The lowest BCUT2D eigenvalue weighted by molar-refractivity contribution is 1.32. The van der Waals surface area contributed by atoms with E-state index < -0.39 is 0 Å². The van der Waals surface area contributed by atoms with Crippen molar-refractivity contribution in [3.63, 3.8) is 0 Å². The van der Waals surface area contributed by atoms with Crippen LogP contribution in [0.25, 0.3) is 142 Å². The Balaban J connectivity index is 1.03. The number of aromatic nitrogens is 4. The summed E-state index contributed by atoms with van der Waals surface area (Å²) in [5.41, 5.74) is 9.19. The summed E-state index contributed by atoms with van der Waals surface area (Å²) in [6.07, 6.45) is 0. The van der Waals surface area contributed by atoms with E-state index in [0.717, 1.165) is 104 Å². The molecule has 0 amide bonds. The third-order valence-corrected chi connectivity index (χ3v) is 14.7. The van der Waals surface area contributed by atoms with E-state index in [4.69, 9.17) is 9.97 Å². The molecular formula is C62H28N8. The minimum Gasteiger partial charge on any atom is -0.292 e. The van der Waals surface area contributed by atoms with Crippen molar-refractivity contribution in [2.45, 2.75) is 0 Å². The summed E-state index contributed by atoms with van der Waals surface area (Å²) in [6, 6.07) is 68.2. The third kappa shape index (κ3) is 4.83. The van der Waals surface area contributed by atoms with Gasteiger partial charge < -0.3 is 0 Å². The van der Waals surface area contributed by atoms with Gasteiger partial charge in [-0.05, 0) is 126 Å². The van der Waals surface area contributed by atoms with Gasteiger partial charge in [-0.3, -0.25) is 8.80 Å². The van der Waals surface area contributed by atoms with Crippen molar-refractivity contribution in [2.75, 3.05) is 0 Å². The van der Waals surface area contributed by atoms with E-state index in [1.807, 2.05) is 24.3 Å². The van der Waals surface area contributed by atoms with Gasteiger partial charge in [0.25, 0.3) is 0 Å². The molecule has 4 heterocycles. The number of hydrogen-bond acceptors (Lipinski definition) is 6. The first-order chi connectivity index (χ1) is 34.5. The summed E-state index contributed by atoms with van der Waals surface area (Å²) in [5, 5.41) is 57.5. The van der Waals surface area contributed by atoms with Crippen molar-refractivity contribution in [3.8, 4) is 35.4 Å². The van der Waals surface area contributed by atoms with Gasteiger partial charge in [0.15, 0.2) is 0 Å². The Hall–Kier alpha value is -10.4. The average Bonchev–Trinajstić information content (AvgIpc) is 4.00. The molecular weight excluding hydrogens is 857 g/mol. The smallest absolute Gasteiger partial charge is 0.146 e. The Kier molecular flexibility index (Phi) is 7.34. The monoisotopic (exact) mass is 884 g/mol. The van der Waals surface area contributed by atoms with Gasteiger partial charge in [-0.2, -0.15) is 21.0 Å². The quantitative estimate of drug-likeness (QED) is 0.119. The second kappa shape index (κ2) is 13.6. The number of benzene rings is 11. The van der Waals surface area contributed by atoms with Crippen LogP contribution in [0.4, 0.5) is 0 Å². The van der Waals surface area contributed by atoms with Crippen LogP contribution >= 0.6 is 0 Å². The number of pyridine rings is 2. The Morgan fingerprint density at radius 3 is 1.57 bits per heavy atom. The molecule has 11 aromatic carbocycles. The van der Waals surface area contributed by atoms with E-state index in [9.17, 15) is 21.0 Å².